The Kier molecular flexibility index (Phi) is 10.00. The molecule has 3 nitrogen and oxygen atoms in total. The summed E-state index contributed by atoms with van der Waals surface area (Å²) in [4.78, 5) is 4.84. The second-order valence-corrected chi connectivity index (χ2v) is 20.1. The van der Waals surface area contributed by atoms with Crippen molar-refractivity contribution in [2.45, 2.75) is 70.6 Å². The molecule has 0 saturated carbocycles. The first-order valence-corrected chi connectivity index (χ1v) is 23.5. The van der Waals surface area contributed by atoms with Gasteiger partial charge in [0.25, 0.3) is 0 Å². The lowest BCUT2D eigenvalue weighted by Crippen LogP contribution is -2.33. The van der Waals surface area contributed by atoms with Crippen molar-refractivity contribution in [3.63, 3.8) is 0 Å². The molecule has 0 spiro atoms. The van der Waals surface area contributed by atoms with Gasteiger partial charge in [0.2, 0.25) is 0 Å². The molecule has 324 valence electrons. The van der Waals surface area contributed by atoms with E-state index in [0.29, 0.717) is 0 Å². The van der Waals surface area contributed by atoms with Gasteiger partial charge in [-0.15, -0.1) is 0 Å². The quantitative estimate of drug-likeness (QED) is 0.152. The average Bonchev–Trinajstić information content (AvgIpc) is 3.71. The van der Waals surface area contributed by atoms with Gasteiger partial charge in [0.15, 0.2) is 0 Å². The van der Waals surface area contributed by atoms with Crippen LogP contribution in [0.25, 0.3) is 32.7 Å². The van der Waals surface area contributed by atoms with E-state index in [9.17, 15) is 0 Å². The van der Waals surface area contributed by atoms with Crippen molar-refractivity contribution in [1.82, 2.24) is 0 Å². The summed E-state index contributed by atoms with van der Waals surface area (Å²) in [6, 6.07) is 76.0. The molecule has 0 aliphatic heterocycles. The second-order valence-electron chi connectivity index (χ2n) is 20.1. The lowest BCUT2D eigenvalue weighted by atomic mass is 9.62. The highest BCUT2D eigenvalue weighted by Crippen LogP contribution is 2.55. The van der Waals surface area contributed by atoms with E-state index in [0.717, 1.165) is 63.2 Å². The summed E-state index contributed by atoms with van der Waals surface area (Å²) >= 11 is 0. The third kappa shape index (κ3) is 6.97. The monoisotopic (exact) mass is 856 g/mol. The predicted molar refractivity (Wildman–Crippen MR) is 279 cm³/mol. The second kappa shape index (κ2) is 16.0. The first-order valence-electron chi connectivity index (χ1n) is 23.5. The average molecular weight is 857 g/mol. The van der Waals surface area contributed by atoms with E-state index in [4.69, 9.17) is 4.42 Å². The first kappa shape index (κ1) is 41.4. The number of furan rings is 1. The number of nitrogens with zero attached hydrogens (tertiary/aromatic N) is 2. The smallest absolute Gasteiger partial charge is 0.137 e. The molecule has 0 N–H and O–H groups in total. The van der Waals surface area contributed by atoms with Crippen molar-refractivity contribution in [1.29, 1.82) is 0 Å². The van der Waals surface area contributed by atoms with Crippen LogP contribution < -0.4 is 9.80 Å². The van der Waals surface area contributed by atoms with Crippen molar-refractivity contribution in [2.75, 3.05) is 9.80 Å². The fourth-order valence-corrected chi connectivity index (χ4v) is 10.7. The number of hydrogen-bond acceptors (Lipinski definition) is 3. The number of rotatable bonds is 8. The Morgan fingerprint density at radius 1 is 0.409 bits per heavy atom. The lowest BCUT2D eigenvalue weighted by Gasteiger charge is -2.42. The van der Waals surface area contributed by atoms with Gasteiger partial charge >= 0.3 is 0 Å². The molecule has 9 aromatic carbocycles. The minimum absolute atomic E-state index is 0.00341. The van der Waals surface area contributed by atoms with Gasteiger partial charge < -0.3 is 14.2 Å². The molecule has 1 heterocycles. The van der Waals surface area contributed by atoms with Crippen LogP contribution in [0.15, 0.2) is 211 Å². The fourth-order valence-electron chi connectivity index (χ4n) is 10.7. The Morgan fingerprint density at radius 2 is 0.894 bits per heavy atom. The Balaban J connectivity index is 1.20. The summed E-state index contributed by atoms with van der Waals surface area (Å²) in [5.74, 6) is 0. The number of hydrogen-bond donors (Lipinski definition) is 0. The zero-order valence-corrected chi connectivity index (χ0v) is 38.8. The number of anilines is 6. The van der Waals surface area contributed by atoms with Gasteiger partial charge in [-0.05, 0) is 141 Å². The van der Waals surface area contributed by atoms with Crippen LogP contribution in [0.1, 0.15) is 81.3 Å². The van der Waals surface area contributed by atoms with E-state index < -0.39 is 5.41 Å². The minimum Gasteiger partial charge on any atom is -0.456 e. The van der Waals surface area contributed by atoms with Crippen LogP contribution in [-0.4, -0.2) is 0 Å². The molecular formula is C63H56N2O. The molecule has 11 rings (SSSR count). The Bertz CT molecular complexity index is 3340. The van der Waals surface area contributed by atoms with Gasteiger partial charge in [-0.2, -0.15) is 0 Å². The van der Waals surface area contributed by atoms with E-state index in [-0.39, 0.29) is 10.8 Å². The largest absolute Gasteiger partial charge is 0.456 e. The highest BCUT2D eigenvalue weighted by atomic mass is 16.3. The first-order chi connectivity index (χ1) is 32.0. The minimum atomic E-state index is -0.420. The van der Waals surface area contributed by atoms with Crippen LogP contribution in [0.2, 0.25) is 0 Å². The molecule has 1 aliphatic rings. The summed E-state index contributed by atoms with van der Waals surface area (Å²) in [5, 5.41) is 4.80. The molecule has 0 saturated heterocycles. The summed E-state index contributed by atoms with van der Waals surface area (Å²) < 4.78 is 7.20. The molecule has 0 amide bonds. The van der Waals surface area contributed by atoms with Gasteiger partial charge in [-0.1, -0.05) is 169 Å². The Labute approximate surface area is 389 Å². The third-order valence-electron chi connectivity index (χ3n) is 14.0. The normalized spacial score (nSPS) is 13.6. The number of aryl methyl sites for hydroxylation is 1. The third-order valence-corrected chi connectivity index (χ3v) is 14.0. The highest BCUT2D eigenvalue weighted by molar-refractivity contribution is 6.22. The van der Waals surface area contributed by atoms with Crippen LogP contribution in [-0.2, 0) is 22.7 Å². The summed E-state index contributed by atoms with van der Waals surface area (Å²) in [7, 11) is 0. The molecule has 3 heteroatoms. The van der Waals surface area contributed by atoms with Gasteiger partial charge in [0, 0.05) is 56.4 Å². The SMILES string of the molecule is CC(C)(C)c1cccc(N(c2ccccc2)c2ccc3c(c2)oc2cc4c5c(c(N(c6ccccc6)c6cccc(C(C)(C)C)c6)ccc5c23)CCC4(c2ccccc2)c2ccccc2)c1. The molecule has 1 aliphatic carbocycles. The van der Waals surface area contributed by atoms with E-state index in [1.807, 2.05) is 0 Å². The van der Waals surface area contributed by atoms with Gasteiger partial charge in [-0.3, -0.25) is 0 Å². The predicted octanol–water partition coefficient (Wildman–Crippen LogP) is 17.6. The van der Waals surface area contributed by atoms with Gasteiger partial charge in [0.05, 0.1) is 0 Å². The molecule has 0 radical (unpaired) electrons. The zero-order valence-electron chi connectivity index (χ0n) is 38.8. The van der Waals surface area contributed by atoms with Crippen LogP contribution in [0.5, 0.6) is 0 Å². The fraction of sp³-hybridized carbons (Fsp3) is 0.175. The molecule has 0 atom stereocenters. The molecule has 1 aromatic heterocycles. The van der Waals surface area contributed by atoms with E-state index in [1.165, 1.54) is 49.8 Å². The standard InChI is InChI=1S/C63H56N2O/c1-61(2,3)45-25-19-31-49(39-45)64(47-27-15-9-16-28-47)51-33-34-53-57(41-51)66-58-42-55-59-52(37-38-63(55,43-21-11-7-12-22-43)44-23-13-8-14-24-44)56(36-35-54(59)60(53)58)65(48-29-17-10-18-30-48)50-32-20-26-46(40-50)62(4,5)6/h7-36,39-42H,37-38H2,1-6H3. The number of para-hydroxylation sites is 2. The molecular weight excluding hydrogens is 801 g/mol. The summed E-state index contributed by atoms with van der Waals surface area (Å²) in [5.41, 5.74) is 16.0. The van der Waals surface area contributed by atoms with Crippen molar-refractivity contribution in [3.8, 4) is 0 Å². The van der Waals surface area contributed by atoms with Crippen molar-refractivity contribution >= 4 is 66.8 Å². The van der Waals surface area contributed by atoms with Crippen molar-refractivity contribution < 1.29 is 4.42 Å². The topological polar surface area (TPSA) is 19.6 Å². The van der Waals surface area contributed by atoms with Crippen LogP contribution in [0.4, 0.5) is 34.1 Å². The number of benzene rings is 9. The van der Waals surface area contributed by atoms with E-state index in [2.05, 4.69) is 258 Å². The van der Waals surface area contributed by atoms with E-state index >= 15 is 0 Å². The summed E-state index contributed by atoms with van der Waals surface area (Å²) in [6.45, 7) is 13.7. The van der Waals surface area contributed by atoms with Gasteiger partial charge in [-0.25, -0.2) is 0 Å². The van der Waals surface area contributed by atoms with Crippen LogP contribution in [0.3, 0.4) is 0 Å². The van der Waals surface area contributed by atoms with Crippen LogP contribution in [0, 0.1) is 0 Å². The number of fused-ring (bicyclic) bond motifs is 4. The molecule has 0 unspecified atom stereocenters. The molecule has 0 bridgehead atoms. The highest BCUT2D eigenvalue weighted by Gasteiger charge is 2.42. The van der Waals surface area contributed by atoms with Gasteiger partial charge in [0.1, 0.15) is 11.2 Å². The Morgan fingerprint density at radius 3 is 1.45 bits per heavy atom. The van der Waals surface area contributed by atoms with E-state index in [1.54, 1.807) is 0 Å². The summed E-state index contributed by atoms with van der Waals surface area (Å²) in [6.07, 6.45) is 1.79. The zero-order chi connectivity index (χ0) is 45.2. The maximum absolute atomic E-state index is 7.20. The van der Waals surface area contributed by atoms with Crippen LogP contribution >= 0.6 is 0 Å². The molecule has 66 heavy (non-hydrogen) atoms. The lowest BCUT2D eigenvalue weighted by molar-refractivity contribution is 0.551. The maximum atomic E-state index is 7.20. The Hall–Kier alpha value is -7.36. The van der Waals surface area contributed by atoms with Crippen molar-refractivity contribution in [2.24, 2.45) is 0 Å². The van der Waals surface area contributed by atoms with Crippen molar-refractivity contribution in [3.05, 3.63) is 240 Å². The molecule has 10 aromatic rings. The maximum Gasteiger partial charge on any atom is 0.137 e. The molecule has 0 fully saturated rings.